The standard InChI is InChI=1S/C13H15ClN4O/c1-8-11(12(15)18-13(16)17-8)19-7-6-9-2-4-10(14)5-3-9/h2-5H,6-7H2,1H3,(H4,15,16,17,18). The van der Waals surface area contributed by atoms with Crippen molar-refractivity contribution in [1.82, 2.24) is 9.97 Å². The third kappa shape index (κ3) is 3.48. The quantitative estimate of drug-likeness (QED) is 0.895. The molecule has 6 heteroatoms. The van der Waals surface area contributed by atoms with Gasteiger partial charge >= 0.3 is 0 Å². The third-order valence-corrected chi connectivity index (χ3v) is 2.88. The number of benzene rings is 1. The van der Waals surface area contributed by atoms with Crippen molar-refractivity contribution in [3.8, 4) is 5.75 Å². The van der Waals surface area contributed by atoms with Gasteiger partial charge < -0.3 is 16.2 Å². The number of hydrogen-bond acceptors (Lipinski definition) is 5. The lowest BCUT2D eigenvalue weighted by atomic mass is 10.2. The normalized spacial score (nSPS) is 10.4. The topological polar surface area (TPSA) is 87.0 Å². The molecule has 19 heavy (non-hydrogen) atoms. The number of ether oxygens (including phenoxy) is 1. The second kappa shape index (κ2) is 5.75. The molecule has 2 rings (SSSR count). The number of nitrogens with two attached hydrogens (primary N) is 2. The predicted molar refractivity (Wildman–Crippen MR) is 76.2 cm³/mol. The Balaban J connectivity index is 1.98. The Morgan fingerprint density at radius 3 is 2.47 bits per heavy atom. The fourth-order valence-electron chi connectivity index (χ4n) is 1.71. The summed E-state index contributed by atoms with van der Waals surface area (Å²) in [5, 5.41) is 0.719. The van der Waals surface area contributed by atoms with Crippen LogP contribution in [-0.4, -0.2) is 16.6 Å². The number of hydrogen-bond donors (Lipinski definition) is 2. The van der Waals surface area contributed by atoms with Crippen LogP contribution in [0.4, 0.5) is 11.8 Å². The van der Waals surface area contributed by atoms with E-state index in [0.717, 1.165) is 17.0 Å². The maximum Gasteiger partial charge on any atom is 0.222 e. The Morgan fingerprint density at radius 2 is 1.84 bits per heavy atom. The highest BCUT2D eigenvalue weighted by molar-refractivity contribution is 6.30. The molecular weight excluding hydrogens is 264 g/mol. The van der Waals surface area contributed by atoms with Crippen LogP contribution >= 0.6 is 11.6 Å². The lowest BCUT2D eigenvalue weighted by Gasteiger charge is -2.10. The molecule has 1 aromatic heterocycles. The molecule has 100 valence electrons. The average Bonchev–Trinajstić information content (AvgIpc) is 2.34. The van der Waals surface area contributed by atoms with Crippen molar-refractivity contribution < 1.29 is 4.74 Å². The summed E-state index contributed by atoms with van der Waals surface area (Å²) in [4.78, 5) is 7.89. The first kappa shape index (κ1) is 13.4. The predicted octanol–water partition coefficient (Wildman–Crippen LogP) is 2.22. The Labute approximate surface area is 116 Å². The molecule has 0 fully saturated rings. The molecule has 0 radical (unpaired) electrons. The monoisotopic (exact) mass is 278 g/mol. The maximum atomic E-state index is 5.82. The van der Waals surface area contributed by atoms with Gasteiger partial charge in [-0.1, -0.05) is 23.7 Å². The van der Waals surface area contributed by atoms with Crippen LogP contribution in [0.25, 0.3) is 0 Å². The molecular formula is C13H15ClN4O. The van der Waals surface area contributed by atoms with Gasteiger partial charge in [0.25, 0.3) is 0 Å². The van der Waals surface area contributed by atoms with Gasteiger partial charge in [0.05, 0.1) is 12.3 Å². The molecule has 4 N–H and O–H groups in total. The SMILES string of the molecule is Cc1nc(N)nc(N)c1OCCc1ccc(Cl)cc1. The van der Waals surface area contributed by atoms with Gasteiger partial charge in [-0.15, -0.1) is 0 Å². The van der Waals surface area contributed by atoms with Gasteiger partial charge in [-0.25, -0.2) is 4.98 Å². The van der Waals surface area contributed by atoms with E-state index in [0.29, 0.717) is 18.1 Å². The average molecular weight is 279 g/mol. The van der Waals surface area contributed by atoms with Crippen LogP contribution in [0.2, 0.25) is 5.02 Å². The van der Waals surface area contributed by atoms with Crippen LogP contribution in [0.3, 0.4) is 0 Å². The Hall–Kier alpha value is -2.01. The summed E-state index contributed by atoms with van der Waals surface area (Å²) in [5.41, 5.74) is 13.0. The van der Waals surface area contributed by atoms with Gasteiger partial charge in [0, 0.05) is 11.4 Å². The summed E-state index contributed by atoms with van der Waals surface area (Å²) in [6.07, 6.45) is 0.750. The molecule has 0 amide bonds. The minimum atomic E-state index is 0.153. The lowest BCUT2D eigenvalue weighted by Crippen LogP contribution is -2.09. The van der Waals surface area contributed by atoms with Gasteiger partial charge in [0.2, 0.25) is 5.95 Å². The van der Waals surface area contributed by atoms with Gasteiger partial charge in [0.1, 0.15) is 0 Å². The van der Waals surface area contributed by atoms with Gasteiger partial charge in [-0.05, 0) is 24.6 Å². The van der Waals surface area contributed by atoms with Crippen molar-refractivity contribution in [3.05, 3.63) is 40.5 Å². The molecule has 1 heterocycles. The van der Waals surface area contributed by atoms with Crippen molar-refractivity contribution in [2.45, 2.75) is 13.3 Å². The number of aryl methyl sites for hydroxylation is 1. The first-order valence-electron chi connectivity index (χ1n) is 5.83. The van der Waals surface area contributed by atoms with Gasteiger partial charge in [-0.2, -0.15) is 4.98 Å². The summed E-state index contributed by atoms with van der Waals surface area (Å²) in [5.74, 6) is 0.907. The summed E-state index contributed by atoms with van der Waals surface area (Å²) in [6.45, 7) is 2.27. The molecule has 0 spiro atoms. The van der Waals surface area contributed by atoms with E-state index in [2.05, 4.69) is 9.97 Å². The molecule has 5 nitrogen and oxygen atoms in total. The molecule has 1 aromatic carbocycles. The van der Waals surface area contributed by atoms with E-state index < -0.39 is 0 Å². The number of rotatable bonds is 4. The summed E-state index contributed by atoms with van der Waals surface area (Å²) < 4.78 is 5.62. The van der Waals surface area contributed by atoms with Gasteiger partial charge in [-0.3, -0.25) is 0 Å². The highest BCUT2D eigenvalue weighted by Gasteiger charge is 2.09. The molecule has 0 saturated carbocycles. The largest absolute Gasteiger partial charge is 0.488 e. The highest BCUT2D eigenvalue weighted by Crippen LogP contribution is 2.23. The molecule has 0 bridgehead atoms. The maximum absolute atomic E-state index is 5.82. The molecule has 0 aliphatic rings. The number of nitrogens with zero attached hydrogens (tertiary/aromatic N) is 2. The van der Waals surface area contributed by atoms with Crippen LogP contribution in [0.5, 0.6) is 5.75 Å². The Morgan fingerprint density at radius 1 is 1.16 bits per heavy atom. The van der Waals surface area contributed by atoms with Crippen LogP contribution in [-0.2, 0) is 6.42 Å². The smallest absolute Gasteiger partial charge is 0.222 e. The zero-order valence-electron chi connectivity index (χ0n) is 10.6. The van der Waals surface area contributed by atoms with Crippen LogP contribution in [0.1, 0.15) is 11.3 Å². The van der Waals surface area contributed by atoms with Crippen LogP contribution in [0.15, 0.2) is 24.3 Å². The van der Waals surface area contributed by atoms with Crippen molar-refractivity contribution in [3.63, 3.8) is 0 Å². The number of halogens is 1. The fraction of sp³-hybridized carbons (Fsp3) is 0.231. The molecule has 0 unspecified atom stereocenters. The highest BCUT2D eigenvalue weighted by atomic mass is 35.5. The zero-order valence-corrected chi connectivity index (χ0v) is 11.3. The first-order valence-corrected chi connectivity index (χ1v) is 6.21. The molecule has 0 saturated heterocycles. The van der Waals surface area contributed by atoms with E-state index >= 15 is 0 Å². The zero-order chi connectivity index (χ0) is 13.8. The summed E-state index contributed by atoms with van der Waals surface area (Å²) in [7, 11) is 0. The first-order chi connectivity index (χ1) is 9.06. The Bertz CT molecular complexity index is 548. The van der Waals surface area contributed by atoms with E-state index in [9.17, 15) is 0 Å². The molecule has 0 aliphatic heterocycles. The number of aromatic nitrogens is 2. The third-order valence-electron chi connectivity index (χ3n) is 2.63. The van der Waals surface area contributed by atoms with E-state index in [1.54, 1.807) is 6.92 Å². The van der Waals surface area contributed by atoms with E-state index in [-0.39, 0.29) is 11.8 Å². The summed E-state index contributed by atoms with van der Waals surface area (Å²) >= 11 is 5.82. The molecule has 0 atom stereocenters. The van der Waals surface area contributed by atoms with Crippen molar-refractivity contribution in [1.29, 1.82) is 0 Å². The number of nitrogen functional groups attached to an aromatic ring is 2. The minimum absolute atomic E-state index is 0.153. The van der Waals surface area contributed by atoms with Crippen LogP contribution in [0, 0.1) is 6.92 Å². The van der Waals surface area contributed by atoms with E-state index in [1.165, 1.54) is 0 Å². The van der Waals surface area contributed by atoms with Crippen molar-refractivity contribution in [2.75, 3.05) is 18.1 Å². The number of anilines is 2. The lowest BCUT2D eigenvalue weighted by molar-refractivity contribution is 0.319. The van der Waals surface area contributed by atoms with E-state index in [1.807, 2.05) is 24.3 Å². The van der Waals surface area contributed by atoms with Gasteiger partial charge in [0.15, 0.2) is 11.6 Å². The fourth-order valence-corrected chi connectivity index (χ4v) is 1.83. The summed E-state index contributed by atoms with van der Waals surface area (Å²) in [6, 6.07) is 7.62. The second-order valence-corrected chi connectivity index (χ2v) is 4.54. The molecule has 0 aliphatic carbocycles. The second-order valence-electron chi connectivity index (χ2n) is 4.11. The minimum Gasteiger partial charge on any atom is -0.488 e. The van der Waals surface area contributed by atoms with E-state index in [4.69, 9.17) is 27.8 Å². The Kier molecular flexibility index (Phi) is 4.06. The van der Waals surface area contributed by atoms with Crippen LogP contribution < -0.4 is 16.2 Å². The van der Waals surface area contributed by atoms with Crippen molar-refractivity contribution in [2.24, 2.45) is 0 Å². The van der Waals surface area contributed by atoms with Crippen molar-refractivity contribution >= 4 is 23.4 Å². The molecule has 2 aromatic rings.